The van der Waals surface area contributed by atoms with Crippen LogP contribution in [0.4, 0.5) is 0 Å². The van der Waals surface area contributed by atoms with Crippen molar-refractivity contribution < 1.29 is 13.2 Å². The molecule has 5 nitrogen and oxygen atoms in total. The first-order valence-electron chi connectivity index (χ1n) is 6.42. The van der Waals surface area contributed by atoms with E-state index < -0.39 is 10.0 Å². The number of benzene rings is 1. The summed E-state index contributed by atoms with van der Waals surface area (Å²) in [6, 6.07) is 2.32. The molecule has 1 saturated heterocycles. The highest BCUT2D eigenvalue weighted by molar-refractivity contribution is 7.89. The van der Waals surface area contributed by atoms with Crippen LogP contribution in [-0.2, 0) is 10.0 Å². The lowest BCUT2D eigenvalue weighted by atomic mass is 10.0. The lowest BCUT2D eigenvalue weighted by Gasteiger charge is -2.18. The van der Waals surface area contributed by atoms with Crippen molar-refractivity contribution in [3.8, 4) is 0 Å². The van der Waals surface area contributed by atoms with Gasteiger partial charge in [-0.1, -0.05) is 37.0 Å². The van der Waals surface area contributed by atoms with Gasteiger partial charge in [0.1, 0.15) is 0 Å². The Morgan fingerprint density at radius 1 is 1.24 bits per heavy atom. The van der Waals surface area contributed by atoms with Crippen molar-refractivity contribution in [2.45, 2.75) is 18.7 Å². The van der Waals surface area contributed by atoms with Gasteiger partial charge in [0.05, 0.1) is 20.5 Å². The average Bonchev–Trinajstić information content (AvgIpc) is 2.70. The molecular weight excluding hydrogens is 335 g/mol. The summed E-state index contributed by atoms with van der Waals surface area (Å²) in [5, 5.41) is 5.12. The second-order valence-electron chi connectivity index (χ2n) is 5.48. The fraction of sp³-hybridized carbons (Fsp3) is 0.462. The molecule has 116 valence electrons. The van der Waals surface area contributed by atoms with E-state index in [1.54, 1.807) is 4.90 Å². The van der Waals surface area contributed by atoms with Crippen LogP contribution in [-0.4, -0.2) is 32.3 Å². The van der Waals surface area contributed by atoms with Crippen LogP contribution in [0.5, 0.6) is 0 Å². The first kappa shape index (κ1) is 16.5. The summed E-state index contributed by atoms with van der Waals surface area (Å²) < 4.78 is 22.9. The van der Waals surface area contributed by atoms with Crippen molar-refractivity contribution in [3.05, 3.63) is 27.7 Å². The Kier molecular flexibility index (Phi) is 4.54. The number of nitrogens with two attached hydrogens (primary N) is 1. The van der Waals surface area contributed by atoms with Crippen molar-refractivity contribution in [1.29, 1.82) is 0 Å². The van der Waals surface area contributed by atoms with Gasteiger partial charge >= 0.3 is 0 Å². The molecule has 0 aromatic heterocycles. The van der Waals surface area contributed by atoms with Crippen molar-refractivity contribution >= 4 is 39.1 Å². The Morgan fingerprint density at radius 3 is 2.24 bits per heavy atom. The lowest BCUT2D eigenvalue weighted by Crippen LogP contribution is -2.29. The number of sulfonamides is 1. The third-order valence-corrected chi connectivity index (χ3v) is 5.53. The molecule has 1 amide bonds. The van der Waals surface area contributed by atoms with Gasteiger partial charge in [-0.3, -0.25) is 4.79 Å². The summed E-state index contributed by atoms with van der Waals surface area (Å²) >= 11 is 12.0. The minimum absolute atomic E-state index is 0.00756. The molecule has 2 unspecified atom stereocenters. The molecule has 0 radical (unpaired) electrons. The normalized spacial score (nSPS) is 22.6. The summed E-state index contributed by atoms with van der Waals surface area (Å²) in [6.45, 7) is 5.34. The number of carbonyl (C=O) groups excluding carboxylic acids is 1. The minimum atomic E-state index is -3.96. The highest BCUT2D eigenvalue weighted by atomic mass is 35.5. The van der Waals surface area contributed by atoms with E-state index >= 15 is 0 Å². The first-order chi connectivity index (χ1) is 9.61. The Bertz CT molecular complexity index is 681. The molecule has 0 aliphatic carbocycles. The van der Waals surface area contributed by atoms with Crippen molar-refractivity contribution in [3.63, 3.8) is 0 Å². The summed E-state index contributed by atoms with van der Waals surface area (Å²) in [6.07, 6.45) is 0. The Morgan fingerprint density at radius 2 is 1.76 bits per heavy atom. The van der Waals surface area contributed by atoms with E-state index in [9.17, 15) is 13.2 Å². The maximum absolute atomic E-state index is 12.5. The summed E-state index contributed by atoms with van der Waals surface area (Å²) in [4.78, 5) is 14.0. The van der Waals surface area contributed by atoms with Crippen LogP contribution in [0.15, 0.2) is 17.0 Å². The molecule has 1 aliphatic rings. The Labute approximate surface area is 134 Å². The van der Waals surface area contributed by atoms with Crippen LogP contribution in [0.1, 0.15) is 24.2 Å². The van der Waals surface area contributed by atoms with Crippen LogP contribution in [0.25, 0.3) is 0 Å². The van der Waals surface area contributed by atoms with Gasteiger partial charge in [-0.05, 0) is 24.0 Å². The third kappa shape index (κ3) is 3.34. The van der Waals surface area contributed by atoms with E-state index in [0.717, 1.165) is 6.07 Å². The number of carbonyl (C=O) groups is 1. The molecule has 0 bridgehead atoms. The summed E-state index contributed by atoms with van der Waals surface area (Å²) in [5.74, 6) is 0.429. The van der Waals surface area contributed by atoms with E-state index in [1.165, 1.54) is 6.07 Å². The van der Waals surface area contributed by atoms with Crippen LogP contribution >= 0.6 is 23.2 Å². The summed E-state index contributed by atoms with van der Waals surface area (Å²) in [7, 11) is -3.96. The van der Waals surface area contributed by atoms with Crippen LogP contribution < -0.4 is 5.14 Å². The molecule has 2 rings (SSSR count). The number of halogens is 2. The maximum Gasteiger partial charge on any atom is 0.255 e. The van der Waals surface area contributed by atoms with Crippen molar-refractivity contribution in [2.75, 3.05) is 13.1 Å². The van der Waals surface area contributed by atoms with E-state index in [4.69, 9.17) is 28.3 Å². The number of primary sulfonamides is 1. The topological polar surface area (TPSA) is 80.5 Å². The lowest BCUT2D eigenvalue weighted by molar-refractivity contribution is 0.0785. The Hall–Kier alpha value is -0.820. The van der Waals surface area contributed by atoms with Crippen LogP contribution in [0.2, 0.25) is 10.0 Å². The number of rotatable bonds is 2. The van der Waals surface area contributed by atoms with Gasteiger partial charge in [0, 0.05) is 13.1 Å². The van der Waals surface area contributed by atoms with Crippen molar-refractivity contribution in [1.82, 2.24) is 4.90 Å². The number of hydrogen-bond acceptors (Lipinski definition) is 3. The molecule has 21 heavy (non-hydrogen) atoms. The molecule has 2 atom stereocenters. The number of nitrogens with zero attached hydrogens (tertiary/aromatic N) is 1. The predicted molar refractivity (Wildman–Crippen MR) is 82.1 cm³/mol. The van der Waals surface area contributed by atoms with E-state index in [0.29, 0.717) is 24.9 Å². The smallest absolute Gasteiger partial charge is 0.255 e. The predicted octanol–water partition coefficient (Wildman–Crippen LogP) is 2.37. The molecule has 0 saturated carbocycles. The number of likely N-dealkylation sites (tertiary alicyclic amines) is 1. The molecule has 1 aliphatic heterocycles. The van der Waals surface area contributed by atoms with Gasteiger partial charge in [-0.15, -0.1) is 0 Å². The molecule has 1 heterocycles. The first-order valence-corrected chi connectivity index (χ1v) is 8.72. The highest BCUT2D eigenvalue weighted by Crippen LogP contribution is 2.32. The molecule has 1 fully saturated rings. The molecular formula is C13H16Cl2N2O3S. The fourth-order valence-corrected chi connectivity index (χ4v) is 3.39. The van der Waals surface area contributed by atoms with E-state index in [1.807, 2.05) is 0 Å². The Balaban J connectivity index is 2.44. The van der Waals surface area contributed by atoms with E-state index in [-0.39, 0.29) is 26.4 Å². The SMILES string of the molecule is CC1CN(C(=O)c2cc(S(N)(=O)=O)cc(Cl)c2Cl)CC1C. The number of amides is 1. The fourth-order valence-electron chi connectivity index (χ4n) is 2.35. The molecule has 1 aromatic carbocycles. The van der Waals surface area contributed by atoms with Crippen molar-refractivity contribution in [2.24, 2.45) is 17.0 Å². The van der Waals surface area contributed by atoms with Gasteiger partial charge in [0.25, 0.3) is 5.91 Å². The molecule has 2 N–H and O–H groups in total. The zero-order valence-electron chi connectivity index (χ0n) is 11.6. The zero-order valence-corrected chi connectivity index (χ0v) is 14.0. The van der Waals surface area contributed by atoms with Gasteiger partial charge in [-0.25, -0.2) is 13.6 Å². The van der Waals surface area contributed by atoms with Gasteiger partial charge in [0.2, 0.25) is 10.0 Å². The molecule has 1 aromatic rings. The zero-order chi connectivity index (χ0) is 15.9. The average molecular weight is 351 g/mol. The monoisotopic (exact) mass is 350 g/mol. The second-order valence-corrected chi connectivity index (χ2v) is 7.82. The summed E-state index contributed by atoms with van der Waals surface area (Å²) in [5.41, 5.74) is 0.0643. The minimum Gasteiger partial charge on any atom is -0.338 e. The third-order valence-electron chi connectivity index (χ3n) is 3.84. The number of hydrogen-bond donors (Lipinski definition) is 1. The quantitative estimate of drug-likeness (QED) is 0.888. The highest BCUT2D eigenvalue weighted by Gasteiger charge is 2.31. The molecule has 0 spiro atoms. The maximum atomic E-state index is 12.5. The molecule has 8 heteroatoms. The van der Waals surface area contributed by atoms with E-state index in [2.05, 4.69) is 13.8 Å². The largest absolute Gasteiger partial charge is 0.338 e. The van der Waals surface area contributed by atoms with Gasteiger partial charge in [-0.2, -0.15) is 0 Å². The second kappa shape index (κ2) is 5.76. The standard InChI is InChI=1S/C13H16Cl2N2O3S/c1-7-5-17(6-8(7)2)13(18)10-3-9(21(16,19)20)4-11(14)12(10)15/h3-4,7-8H,5-6H2,1-2H3,(H2,16,19,20). The van der Waals surface area contributed by atoms with Crippen LogP contribution in [0.3, 0.4) is 0 Å². The van der Waals surface area contributed by atoms with Gasteiger partial charge in [0.15, 0.2) is 0 Å². The van der Waals surface area contributed by atoms with Gasteiger partial charge < -0.3 is 4.90 Å². The van der Waals surface area contributed by atoms with Crippen LogP contribution in [0, 0.1) is 11.8 Å².